The number of morpholine rings is 1. The summed E-state index contributed by atoms with van der Waals surface area (Å²) < 4.78 is 5.26. The number of nitrogens with one attached hydrogen (secondary N) is 1. The summed E-state index contributed by atoms with van der Waals surface area (Å²) in [5.74, 6) is 0.559. The van der Waals surface area contributed by atoms with Gasteiger partial charge in [0.2, 0.25) is 0 Å². The Bertz CT molecular complexity index is 359. The molecule has 4 nitrogen and oxygen atoms in total. The molecule has 0 unspecified atom stereocenters. The lowest BCUT2D eigenvalue weighted by Crippen LogP contribution is -2.41. The minimum absolute atomic E-state index is 0.559. The molecule has 1 aromatic heterocycles. The molecule has 0 radical (unpaired) electrons. The normalized spacial score (nSPS) is 16.5. The Morgan fingerprint density at radius 2 is 2.20 bits per heavy atom. The van der Waals surface area contributed by atoms with Crippen LogP contribution in [0.2, 0.25) is 0 Å². The number of nitrogens with zero attached hydrogens (tertiary/aromatic N) is 2. The lowest BCUT2D eigenvalue weighted by atomic mass is 10.1. The van der Waals surface area contributed by atoms with Crippen LogP contribution in [-0.4, -0.2) is 42.0 Å². The van der Waals surface area contributed by atoms with E-state index < -0.39 is 0 Å². The van der Waals surface area contributed by atoms with E-state index in [9.17, 15) is 0 Å². The second kappa shape index (κ2) is 4.40. The number of ether oxygens (including phenoxy) is 1. The van der Waals surface area contributed by atoms with Crippen molar-refractivity contribution in [3.05, 3.63) is 29.6 Å². The van der Waals surface area contributed by atoms with Crippen molar-refractivity contribution < 1.29 is 4.74 Å². The molecule has 1 N–H and O–H groups in total. The first-order valence-electron chi connectivity index (χ1n) is 5.11. The van der Waals surface area contributed by atoms with Crippen LogP contribution in [0.4, 0.5) is 0 Å². The molecule has 0 aromatic carbocycles. The quantitative estimate of drug-likeness (QED) is 0.550. The van der Waals surface area contributed by atoms with Gasteiger partial charge < -0.3 is 9.64 Å². The van der Waals surface area contributed by atoms with Crippen LogP contribution in [0.25, 0.3) is 0 Å². The topological polar surface area (TPSA) is 49.2 Å². The lowest BCUT2D eigenvalue weighted by Gasteiger charge is -2.29. The SMILES string of the molecule is Cc1ccncc1C(=N)N1CCOCC1. The third-order valence-electron chi connectivity index (χ3n) is 2.62. The first-order valence-corrected chi connectivity index (χ1v) is 5.11. The number of amidine groups is 1. The van der Waals surface area contributed by atoms with Crippen molar-refractivity contribution in [2.75, 3.05) is 26.3 Å². The molecule has 80 valence electrons. The number of rotatable bonds is 1. The molecule has 0 aliphatic carbocycles. The molecule has 4 heteroatoms. The summed E-state index contributed by atoms with van der Waals surface area (Å²) in [4.78, 5) is 6.10. The molecular weight excluding hydrogens is 190 g/mol. The molecule has 2 heterocycles. The highest BCUT2D eigenvalue weighted by Crippen LogP contribution is 2.10. The molecule has 0 bridgehead atoms. The van der Waals surface area contributed by atoms with Crippen LogP contribution in [0.15, 0.2) is 18.5 Å². The van der Waals surface area contributed by atoms with Gasteiger partial charge in [0.05, 0.1) is 13.2 Å². The van der Waals surface area contributed by atoms with Gasteiger partial charge in [0.25, 0.3) is 0 Å². The van der Waals surface area contributed by atoms with Crippen molar-refractivity contribution in [3.8, 4) is 0 Å². The van der Waals surface area contributed by atoms with Gasteiger partial charge in [-0.05, 0) is 18.6 Å². The van der Waals surface area contributed by atoms with Gasteiger partial charge in [0, 0.05) is 31.0 Å². The van der Waals surface area contributed by atoms with E-state index in [2.05, 4.69) is 4.98 Å². The molecule has 1 aliphatic rings. The third-order valence-corrected chi connectivity index (χ3v) is 2.62. The molecule has 2 rings (SSSR count). The van der Waals surface area contributed by atoms with Gasteiger partial charge in [-0.25, -0.2) is 0 Å². The van der Waals surface area contributed by atoms with Gasteiger partial charge in [-0.2, -0.15) is 0 Å². The van der Waals surface area contributed by atoms with E-state index in [4.69, 9.17) is 10.1 Å². The van der Waals surface area contributed by atoms with Crippen LogP contribution in [0.1, 0.15) is 11.1 Å². The maximum absolute atomic E-state index is 8.10. The molecule has 0 saturated carbocycles. The summed E-state index contributed by atoms with van der Waals surface area (Å²) in [6.45, 7) is 5.02. The number of hydrogen-bond donors (Lipinski definition) is 1. The monoisotopic (exact) mass is 205 g/mol. The van der Waals surface area contributed by atoms with Gasteiger partial charge in [-0.15, -0.1) is 0 Å². The van der Waals surface area contributed by atoms with E-state index in [1.165, 1.54) is 0 Å². The van der Waals surface area contributed by atoms with E-state index >= 15 is 0 Å². The standard InChI is InChI=1S/C11H15N3O/c1-9-2-3-13-8-10(9)11(12)14-4-6-15-7-5-14/h2-3,8,12H,4-7H2,1H3. The third kappa shape index (κ3) is 2.15. The Morgan fingerprint density at radius 1 is 1.47 bits per heavy atom. The summed E-state index contributed by atoms with van der Waals surface area (Å²) in [6, 6.07) is 1.93. The van der Waals surface area contributed by atoms with Crippen LogP contribution in [0.5, 0.6) is 0 Å². The predicted octanol–water partition coefficient (Wildman–Crippen LogP) is 1.05. The van der Waals surface area contributed by atoms with Crippen molar-refractivity contribution >= 4 is 5.84 Å². The van der Waals surface area contributed by atoms with Crippen molar-refractivity contribution in [1.29, 1.82) is 5.41 Å². The van der Waals surface area contributed by atoms with Crippen molar-refractivity contribution in [1.82, 2.24) is 9.88 Å². The number of aryl methyl sites for hydroxylation is 1. The van der Waals surface area contributed by atoms with E-state index in [1.54, 1.807) is 12.4 Å². The summed E-state index contributed by atoms with van der Waals surface area (Å²) >= 11 is 0. The molecule has 15 heavy (non-hydrogen) atoms. The second-order valence-corrected chi connectivity index (χ2v) is 3.64. The van der Waals surface area contributed by atoms with Crippen LogP contribution in [0.3, 0.4) is 0 Å². The highest BCUT2D eigenvalue weighted by molar-refractivity contribution is 5.97. The van der Waals surface area contributed by atoms with Crippen LogP contribution in [-0.2, 0) is 4.74 Å². The van der Waals surface area contributed by atoms with Crippen molar-refractivity contribution in [2.24, 2.45) is 0 Å². The number of hydrogen-bond acceptors (Lipinski definition) is 3. The highest BCUT2D eigenvalue weighted by atomic mass is 16.5. The fourth-order valence-corrected chi connectivity index (χ4v) is 1.67. The Hall–Kier alpha value is -1.42. The minimum Gasteiger partial charge on any atom is -0.378 e. The van der Waals surface area contributed by atoms with E-state index in [0.29, 0.717) is 19.0 Å². The van der Waals surface area contributed by atoms with Crippen LogP contribution in [0, 0.1) is 12.3 Å². The van der Waals surface area contributed by atoms with Crippen LogP contribution < -0.4 is 0 Å². The summed E-state index contributed by atoms with van der Waals surface area (Å²) in [5.41, 5.74) is 2.01. The number of pyridine rings is 1. The van der Waals surface area contributed by atoms with E-state index in [-0.39, 0.29) is 0 Å². The zero-order chi connectivity index (χ0) is 10.7. The fraction of sp³-hybridized carbons (Fsp3) is 0.455. The minimum atomic E-state index is 0.559. The van der Waals surface area contributed by atoms with Gasteiger partial charge in [0.15, 0.2) is 0 Å². The summed E-state index contributed by atoms with van der Waals surface area (Å²) in [6.07, 6.45) is 3.51. The lowest BCUT2D eigenvalue weighted by molar-refractivity contribution is 0.0679. The summed E-state index contributed by atoms with van der Waals surface area (Å²) in [7, 11) is 0. The smallest absolute Gasteiger partial charge is 0.130 e. The van der Waals surface area contributed by atoms with E-state index in [0.717, 1.165) is 24.2 Å². The first-order chi connectivity index (χ1) is 7.29. The molecule has 1 aromatic rings. The zero-order valence-corrected chi connectivity index (χ0v) is 8.86. The average molecular weight is 205 g/mol. The molecule has 0 amide bonds. The number of aromatic nitrogens is 1. The van der Waals surface area contributed by atoms with Gasteiger partial charge in [-0.1, -0.05) is 0 Å². The molecule has 0 spiro atoms. The van der Waals surface area contributed by atoms with Crippen LogP contribution >= 0.6 is 0 Å². The fourth-order valence-electron chi connectivity index (χ4n) is 1.67. The van der Waals surface area contributed by atoms with Crippen molar-refractivity contribution in [2.45, 2.75) is 6.92 Å². The average Bonchev–Trinajstić information content (AvgIpc) is 2.30. The van der Waals surface area contributed by atoms with E-state index in [1.807, 2.05) is 17.9 Å². The first kappa shape index (κ1) is 10.1. The second-order valence-electron chi connectivity index (χ2n) is 3.64. The molecule has 1 saturated heterocycles. The Labute approximate surface area is 89.4 Å². The Morgan fingerprint density at radius 3 is 2.87 bits per heavy atom. The molecule has 0 atom stereocenters. The molecule has 1 aliphatic heterocycles. The van der Waals surface area contributed by atoms with Gasteiger partial charge >= 0.3 is 0 Å². The maximum atomic E-state index is 8.10. The maximum Gasteiger partial charge on any atom is 0.130 e. The van der Waals surface area contributed by atoms with Gasteiger partial charge in [-0.3, -0.25) is 10.4 Å². The summed E-state index contributed by atoms with van der Waals surface area (Å²) in [5, 5.41) is 8.10. The Balaban J connectivity index is 2.16. The molecule has 1 fully saturated rings. The molecular formula is C11H15N3O. The predicted molar refractivity (Wildman–Crippen MR) is 58.2 cm³/mol. The zero-order valence-electron chi connectivity index (χ0n) is 8.86. The van der Waals surface area contributed by atoms with Crippen molar-refractivity contribution in [3.63, 3.8) is 0 Å². The largest absolute Gasteiger partial charge is 0.378 e. The Kier molecular flexibility index (Phi) is 2.97. The van der Waals surface area contributed by atoms with Gasteiger partial charge in [0.1, 0.15) is 5.84 Å². The highest BCUT2D eigenvalue weighted by Gasteiger charge is 2.16.